The summed E-state index contributed by atoms with van der Waals surface area (Å²) < 4.78 is 10.6. The number of nitrogens with one attached hydrogen (secondary N) is 1. The molecule has 0 aliphatic rings. The highest BCUT2D eigenvalue weighted by Crippen LogP contribution is 2.24. The highest BCUT2D eigenvalue weighted by Gasteiger charge is 2.15. The monoisotopic (exact) mass is 379 g/mol. The number of ether oxygens (including phenoxy) is 2. The van der Waals surface area contributed by atoms with E-state index in [0.29, 0.717) is 15.9 Å². The Bertz CT molecular complexity index is 732. The van der Waals surface area contributed by atoms with Crippen molar-refractivity contribution in [2.75, 3.05) is 19.0 Å². The van der Waals surface area contributed by atoms with Gasteiger partial charge in [-0.15, -0.1) is 0 Å². The number of halogens is 1. The van der Waals surface area contributed by atoms with E-state index >= 15 is 0 Å². The normalized spacial score (nSPS) is 10.0. The summed E-state index contributed by atoms with van der Waals surface area (Å²) in [6, 6.07) is 11.2. The number of phenols is 1. The fourth-order valence-corrected chi connectivity index (χ4v) is 2.18. The molecule has 0 spiro atoms. The molecule has 2 aromatic carbocycles. The molecule has 0 unspecified atom stereocenters. The van der Waals surface area contributed by atoms with Gasteiger partial charge in [0.15, 0.2) is 6.61 Å². The lowest BCUT2D eigenvalue weighted by Crippen LogP contribution is -2.21. The Kier molecular flexibility index (Phi) is 5.59. The van der Waals surface area contributed by atoms with E-state index in [1.54, 1.807) is 30.3 Å². The van der Waals surface area contributed by atoms with Crippen LogP contribution in [0.2, 0.25) is 0 Å². The first-order chi connectivity index (χ1) is 11.0. The lowest BCUT2D eigenvalue weighted by atomic mass is 10.2. The summed E-state index contributed by atoms with van der Waals surface area (Å²) in [6.07, 6.45) is 0. The second-order valence-corrected chi connectivity index (χ2v) is 5.40. The number of carbonyl (C=O) groups is 2. The van der Waals surface area contributed by atoms with Gasteiger partial charge in [0.05, 0.1) is 12.8 Å². The molecule has 0 bridgehead atoms. The van der Waals surface area contributed by atoms with E-state index in [0.717, 1.165) is 0 Å². The third-order valence-corrected chi connectivity index (χ3v) is 3.39. The maximum atomic E-state index is 11.9. The molecule has 0 saturated heterocycles. The van der Waals surface area contributed by atoms with Crippen molar-refractivity contribution in [3.8, 4) is 11.5 Å². The van der Waals surface area contributed by atoms with Gasteiger partial charge in [0.2, 0.25) is 0 Å². The number of phenolic OH excluding ortho intramolecular Hbond substituents is 1. The number of para-hydroxylation sites is 2. The van der Waals surface area contributed by atoms with Crippen LogP contribution < -0.4 is 10.1 Å². The summed E-state index contributed by atoms with van der Waals surface area (Å²) in [6.45, 7) is -0.483. The van der Waals surface area contributed by atoms with Gasteiger partial charge in [-0.05, 0) is 30.3 Å². The number of hydrogen-bond acceptors (Lipinski definition) is 5. The van der Waals surface area contributed by atoms with Crippen LogP contribution in [0.15, 0.2) is 46.9 Å². The number of benzene rings is 2. The van der Waals surface area contributed by atoms with Gasteiger partial charge in [-0.2, -0.15) is 0 Å². The van der Waals surface area contributed by atoms with Crippen molar-refractivity contribution >= 4 is 33.5 Å². The van der Waals surface area contributed by atoms with E-state index in [4.69, 9.17) is 9.47 Å². The first-order valence-corrected chi connectivity index (χ1v) is 7.39. The molecule has 0 aliphatic heterocycles. The zero-order valence-electron chi connectivity index (χ0n) is 12.2. The van der Waals surface area contributed by atoms with E-state index in [2.05, 4.69) is 21.2 Å². The van der Waals surface area contributed by atoms with E-state index in [1.165, 1.54) is 19.2 Å². The third-order valence-electron chi connectivity index (χ3n) is 2.89. The second-order valence-electron chi connectivity index (χ2n) is 4.49. The molecule has 2 aromatic rings. The molecule has 0 heterocycles. The number of rotatable bonds is 5. The van der Waals surface area contributed by atoms with Gasteiger partial charge < -0.3 is 19.9 Å². The topological polar surface area (TPSA) is 84.9 Å². The van der Waals surface area contributed by atoms with Crippen LogP contribution in [0.5, 0.6) is 11.5 Å². The number of amides is 1. The minimum atomic E-state index is -0.793. The van der Waals surface area contributed by atoms with Gasteiger partial charge in [-0.3, -0.25) is 4.79 Å². The lowest BCUT2D eigenvalue weighted by molar-refractivity contribution is -0.119. The van der Waals surface area contributed by atoms with Crippen LogP contribution in [0.1, 0.15) is 10.4 Å². The highest BCUT2D eigenvalue weighted by molar-refractivity contribution is 9.10. The molecule has 6 nitrogen and oxygen atoms in total. The highest BCUT2D eigenvalue weighted by atomic mass is 79.9. The Morgan fingerprint density at radius 1 is 1.22 bits per heavy atom. The Morgan fingerprint density at radius 2 is 1.96 bits per heavy atom. The molecule has 2 rings (SSSR count). The zero-order valence-corrected chi connectivity index (χ0v) is 13.8. The maximum absolute atomic E-state index is 11.9. The van der Waals surface area contributed by atoms with E-state index in [9.17, 15) is 14.7 Å². The first kappa shape index (κ1) is 16.8. The summed E-state index contributed by atoms with van der Waals surface area (Å²) in [5.41, 5.74) is 0.450. The molecular weight excluding hydrogens is 366 g/mol. The molecule has 0 aromatic heterocycles. The van der Waals surface area contributed by atoms with Gasteiger partial charge in [0.1, 0.15) is 17.1 Å². The molecule has 2 N–H and O–H groups in total. The Morgan fingerprint density at radius 3 is 2.70 bits per heavy atom. The van der Waals surface area contributed by atoms with Crippen molar-refractivity contribution in [2.24, 2.45) is 0 Å². The SMILES string of the molecule is COc1ccccc1NC(=O)COC(=O)c1cc(Br)ccc1O. The smallest absolute Gasteiger partial charge is 0.342 e. The van der Waals surface area contributed by atoms with Crippen molar-refractivity contribution in [1.82, 2.24) is 0 Å². The third kappa shape index (κ3) is 4.46. The number of aromatic hydroxyl groups is 1. The summed E-state index contributed by atoms with van der Waals surface area (Å²) in [5.74, 6) is -1.03. The van der Waals surface area contributed by atoms with Crippen LogP contribution in [0.3, 0.4) is 0 Å². The van der Waals surface area contributed by atoms with Crippen molar-refractivity contribution in [3.05, 3.63) is 52.5 Å². The Hall–Kier alpha value is -2.54. The fraction of sp³-hybridized carbons (Fsp3) is 0.125. The maximum Gasteiger partial charge on any atom is 0.342 e. The molecular formula is C16H14BrNO5. The predicted molar refractivity (Wildman–Crippen MR) is 87.7 cm³/mol. The van der Waals surface area contributed by atoms with E-state index in [-0.39, 0.29) is 11.3 Å². The molecule has 120 valence electrons. The van der Waals surface area contributed by atoms with E-state index in [1.807, 2.05) is 0 Å². The number of methoxy groups -OCH3 is 1. The van der Waals surface area contributed by atoms with Gasteiger partial charge in [-0.1, -0.05) is 28.1 Å². The molecule has 0 radical (unpaired) electrons. The average Bonchev–Trinajstić information content (AvgIpc) is 2.55. The lowest BCUT2D eigenvalue weighted by Gasteiger charge is -2.10. The van der Waals surface area contributed by atoms with Crippen molar-refractivity contribution in [3.63, 3.8) is 0 Å². The fourth-order valence-electron chi connectivity index (χ4n) is 1.81. The summed E-state index contributed by atoms with van der Waals surface area (Å²) >= 11 is 3.19. The van der Waals surface area contributed by atoms with Gasteiger partial charge in [0, 0.05) is 4.47 Å². The average molecular weight is 380 g/mol. The molecule has 0 atom stereocenters. The molecule has 0 aliphatic carbocycles. The second kappa shape index (κ2) is 7.64. The van der Waals surface area contributed by atoms with Crippen LogP contribution in [-0.4, -0.2) is 30.7 Å². The standard InChI is InChI=1S/C16H14BrNO5/c1-22-14-5-3-2-4-12(14)18-15(20)9-23-16(21)11-8-10(17)6-7-13(11)19/h2-8,19H,9H2,1H3,(H,18,20). The Labute approximate surface area is 141 Å². The van der Waals surface area contributed by atoms with Gasteiger partial charge in [0.25, 0.3) is 5.91 Å². The number of hydrogen-bond donors (Lipinski definition) is 2. The predicted octanol–water partition coefficient (Wildman–Crippen LogP) is 2.96. The van der Waals surface area contributed by atoms with Crippen molar-refractivity contribution in [1.29, 1.82) is 0 Å². The van der Waals surface area contributed by atoms with Crippen LogP contribution in [0.4, 0.5) is 5.69 Å². The number of anilines is 1. The first-order valence-electron chi connectivity index (χ1n) is 6.59. The van der Waals surface area contributed by atoms with Crippen LogP contribution in [-0.2, 0) is 9.53 Å². The summed E-state index contributed by atoms with van der Waals surface area (Å²) in [7, 11) is 1.49. The van der Waals surface area contributed by atoms with Crippen molar-refractivity contribution < 1.29 is 24.2 Å². The summed E-state index contributed by atoms with van der Waals surface area (Å²) in [4.78, 5) is 23.7. The number of esters is 1. The largest absolute Gasteiger partial charge is 0.507 e. The summed E-state index contributed by atoms with van der Waals surface area (Å²) in [5, 5.41) is 12.2. The molecule has 23 heavy (non-hydrogen) atoms. The minimum Gasteiger partial charge on any atom is -0.507 e. The van der Waals surface area contributed by atoms with Gasteiger partial charge >= 0.3 is 5.97 Å². The molecule has 1 amide bonds. The quantitative estimate of drug-likeness (QED) is 0.780. The van der Waals surface area contributed by atoms with Crippen molar-refractivity contribution in [2.45, 2.75) is 0 Å². The van der Waals surface area contributed by atoms with Crippen LogP contribution in [0.25, 0.3) is 0 Å². The molecule has 0 saturated carbocycles. The molecule has 7 heteroatoms. The zero-order chi connectivity index (χ0) is 16.8. The minimum absolute atomic E-state index is 0.0236. The van der Waals surface area contributed by atoms with Crippen LogP contribution in [0, 0.1) is 0 Å². The molecule has 0 fully saturated rings. The van der Waals surface area contributed by atoms with E-state index < -0.39 is 18.5 Å². The van der Waals surface area contributed by atoms with Gasteiger partial charge in [-0.25, -0.2) is 4.79 Å². The Balaban J connectivity index is 1.96. The number of carbonyl (C=O) groups excluding carboxylic acids is 2. The van der Waals surface area contributed by atoms with Crippen LogP contribution >= 0.6 is 15.9 Å².